The van der Waals surface area contributed by atoms with E-state index >= 15 is 0 Å². The Bertz CT molecular complexity index is 228. The molecule has 0 fully saturated rings. The van der Waals surface area contributed by atoms with Crippen LogP contribution in [0.4, 0.5) is 0 Å². The first-order valence-electron chi connectivity index (χ1n) is 8.27. The van der Waals surface area contributed by atoms with E-state index in [0.29, 0.717) is 13.0 Å². The van der Waals surface area contributed by atoms with Crippen molar-refractivity contribution in [1.82, 2.24) is 0 Å². The fourth-order valence-corrected chi connectivity index (χ4v) is 4.40. The molecule has 2 nitrogen and oxygen atoms in total. The lowest BCUT2D eigenvalue weighted by Crippen LogP contribution is -2.06. The number of carbonyl (C=O) groups excluding carboxylic acids is 1. The zero-order chi connectivity index (χ0) is 15.6. The number of alkyl halides is 1. The van der Waals surface area contributed by atoms with Crippen molar-refractivity contribution in [3.05, 3.63) is 0 Å². The molecule has 0 atom stereocenters. The zero-order valence-corrected chi connectivity index (χ0v) is 16.6. The number of rotatable bonds is 16. The maximum absolute atomic E-state index is 11.5. The highest BCUT2D eigenvalue weighted by Gasteiger charge is 2.02. The molecule has 0 aromatic carbocycles. The molecule has 0 amide bonds. The first-order valence-corrected chi connectivity index (χ1v) is 11.9. The standard InChI is InChI=1S/C16H31BrO2S2/c1-2-3-9-14-20-21-15-10-13-19-16(18)11-7-5-4-6-8-12-17/h2-15H2,1H3. The minimum Gasteiger partial charge on any atom is -0.466 e. The van der Waals surface area contributed by atoms with Gasteiger partial charge in [-0.15, -0.1) is 0 Å². The summed E-state index contributed by atoms with van der Waals surface area (Å²) in [5, 5.41) is 1.09. The molecule has 0 radical (unpaired) electrons. The average Bonchev–Trinajstić information content (AvgIpc) is 2.49. The molecule has 5 heteroatoms. The SMILES string of the molecule is CCCCCSSCCCOC(=O)CCCCCCCBr. The first-order chi connectivity index (χ1) is 10.3. The van der Waals surface area contributed by atoms with Crippen molar-refractivity contribution in [2.24, 2.45) is 0 Å². The van der Waals surface area contributed by atoms with Gasteiger partial charge in [0.25, 0.3) is 0 Å². The lowest BCUT2D eigenvalue weighted by Gasteiger charge is -2.05. The Labute approximate surface area is 147 Å². The van der Waals surface area contributed by atoms with Gasteiger partial charge in [-0.1, -0.05) is 76.5 Å². The second-order valence-corrected chi connectivity index (χ2v) is 8.63. The largest absolute Gasteiger partial charge is 0.466 e. The summed E-state index contributed by atoms with van der Waals surface area (Å²) in [4.78, 5) is 11.5. The summed E-state index contributed by atoms with van der Waals surface area (Å²) in [6.45, 7) is 2.82. The second kappa shape index (κ2) is 18.7. The molecule has 0 aliphatic heterocycles. The van der Waals surface area contributed by atoms with Crippen LogP contribution >= 0.6 is 37.5 Å². The Morgan fingerprint density at radius 2 is 1.57 bits per heavy atom. The van der Waals surface area contributed by atoms with Crippen molar-refractivity contribution in [2.45, 2.75) is 71.1 Å². The molecule has 0 aliphatic carbocycles. The van der Waals surface area contributed by atoms with Gasteiger partial charge in [0.15, 0.2) is 0 Å². The van der Waals surface area contributed by atoms with Gasteiger partial charge in [-0.2, -0.15) is 0 Å². The van der Waals surface area contributed by atoms with Crippen molar-refractivity contribution in [3.8, 4) is 0 Å². The molecule has 0 aliphatic rings. The molecule has 0 rings (SSSR count). The highest BCUT2D eigenvalue weighted by Crippen LogP contribution is 2.23. The Kier molecular flexibility index (Phi) is 19.3. The molecule has 126 valence electrons. The van der Waals surface area contributed by atoms with E-state index in [1.807, 2.05) is 21.6 Å². The second-order valence-electron chi connectivity index (χ2n) is 5.13. The molecule has 0 aromatic heterocycles. The summed E-state index contributed by atoms with van der Waals surface area (Å²) < 4.78 is 5.25. The molecule has 0 bridgehead atoms. The lowest BCUT2D eigenvalue weighted by atomic mass is 10.1. The highest BCUT2D eigenvalue weighted by molar-refractivity contribution is 9.09. The number of ether oxygens (including phenoxy) is 1. The van der Waals surface area contributed by atoms with Crippen molar-refractivity contribution in [2.75, 3.05) is 23.4 Å². The lowest BCUT2D eigenvalue weighted by molar-refractivity contribution is -0.143. The minimum atomic E-state index is -0.0175. The maximum atomic E-state index is 11.5. The van der Waals surface area contributed by atoms with Gasteiger partial charge in [-0.3, -0.25) is 4.79 Å². The minimum absolute atomic E-state index is 0.0175. The quantitative estimate of drug-likeness (QED) is 0.133. The normalized spacial score (nSPS) is 10.8. The fraction of sp³-hybridized carbons (Fsp3) is 0.938. The smallest absolute Gasteiger partial charge is 0.305 e. The molecular weight excluding hydrogens is 368 g/mol. The van der Waals surface area contributed by atoms with Gasteiger partial charge in [0.1, 0.15) is 0 Å². The third-order valence-electron chi connectivity index (χ3n) is 3.06. The van der Waals surface area contributed by atoms with Crippen LogP contribution in [0.25, 0.3) is 0 Å². The van der Waals surface area contributed by atoms with Gasteiger partial charge in [0.2, 0.25) is 0 Å². The van der Waals surface area contributed by atoms with E-state index in [4.69, 9.17) is 4.74 Å². The summed E-state index contributed by atoms with van der Waals surface area (Å²) in [6.07, 6.45) is 11.3. The topological polar surface area (TPSA) is 26.3 Å². The van der Waals surface area contributed by atoms with Crippen molar-refractivity contribution in [3.63, 3.8) is 0 Å². The molecule has 0 heterocycles. The van der Waals surface area contributed by atoms with Crippen molar-refractivity contribution in [1.29, 1.82) is 0 Å². The summed E-state index contributed by atoms with van der Waals surface area (Å²) in [6, 6.07) is 0. The third-order valence-corrected chi connectivity index (χ3v) is 6.20. The van der Waals surface area contributed by atoms with Gasteiger partial charge in [0, 0.05) is 23.3 Å². The van der Waals surface area contributed by atoms with Crippen LogP contribution in [0.3, 0.4) is 0 Å². The van der Waals surface area contributed by atoms with Gasteiger partial charge in [-0.05, 0) is 25.7 Å². The van der Waals surface area contributed by atoms with Gasteiger partial charge in [0.05, 0.1) is 6.61 Å². The number of hydrogen-bond acceptors (Lipinski definition) is 4. The van der Waals surface area contributed by atoms with E-state index in [0.717, 1.165) is 30.3 Å². The number of halogens is 1. The molecule has 0 spiro atoms. The molecule has 0 aromatic rings. The van der Waals surface area contributed by atoms with E-state index < -0.39 is 0 Å². The molecule has 0 saturated carbocycles. The maximum Gasteiger partial charge on any atom is 0.305 e. The summed E-state index contributed by atoms with van der Waals surface area (Å²) >= 11 is 3.43. The van der Waals surface area contributed by atoms with Crippen molar-refractivity contribution < 1.29 is 9.53 Å². The van der Waals surface area contributed by atoms with E-state index in [9.17, 15) is 4.79 Å². The van der Waals surface area contributed by atoms with Crippen LogP contribution in [0.5, 0.6) is 0 Å². The van der Waals surface area contributed by atoms with Gasteiger partial charge < -0.3 is 4.74 Å². The van der Waals surface area contributed by atoms with Gasteiger partial charge >= 0.3 is 5.97 Å². The Morgan fingerprint density at radius 1 is 0.905 bits per heavy atom. The predicted molar refractivity (Wildman–Crippen MR) is 102 cm³/mol. The third kappa shape index (κ3) is 18.6. The Hall–Kier alpha value is 0.650. The van der Waals surface area contributed by atoms with Crippen molar-refractivity contribution >= 4 is 43.5 Å². The van der Waals surface area contributed by atoms with Gasteiger partial charge in [-0.25, -0.2) is 0 Å². The molecule has 0 unspecified atom stereocenters. The number of esters is 1. The highest BCUT2D eigenvalue weighted by atomic mass is 79.9. The van der Waals surface area contributed by atoms with Crippen LogP contribution in [-0.4, -0.2) is 29.4 Å². The van der Waals surface area contributed by atoms with Crippen LogP contribution < -0.4 is 0 Å². The molecule has 0 N–H and O–H groups in total. The van der Waals surface area contributed by atoms with E-state index in [1.54, 1.807) is 0 Å². The molecular formula is C16H31BrO2S2. The monoisotopic (exact) mass is 398 g/mol. The summed E-state index contributed by atoms with van der Waals surface area (Å²) in [5.74, 6) is 2.31. The molecule has 21 heavy (non-hydrogen) atoms. The van der Waals surface area contributed by atoms with Crippen LogP contribution in [0.2, 0.25) is 0 Å². The Balaban J connectivity index is 3.12. The summed E-state index contributed by atoms with van der Waals surface area (Å²) in [5.41, 5.74) is 0. The van der Waals surface area contributed by atoms with Crippen LogP contribution in [0, 0.1) is 0 Å². The Morgan fingerprint density at radius 3 is 2.29 bits per heavy atom. The van der Waals surface area contributed by atoms with Crippen LogP contribution in [0.1, 0.15) is 71.1 Å². The van der Waals surface area contributed by atoms with E-state index in [1.165, 1.54) is 44.3 Å². The zero-order valence-electron chi connectivity index (χ0n) is 13.4. The fourth-order valence-electron chi connectivity index (χ4n) is 1.80. The van der Waals surface area contributed by atoms with Crippen LogP contribution in [0.15, 0.2) is 0 Å². The first kappa shape index (κ1) is 21.6. The number of carbonyl (C=O) groups is 1. The van der Waals surface area contributed by atoms with E-state index in [-0.39, 0.29) is 5.97 Å². The number of unbranched alkanes of at least 4 members (excludes halogenated alkanes) is 6. The predicted octanol–water partition coefficient (Wildman–Crippen LogP) is 6.23. The van der Waals surface area contributed by atoms with Crippen LogP contribution in [-0.2, 0) is 9.53 Å². The van der Waals surface area contributed by atoms with E-state index in [2.05, 4.69) is 22.9 Å². The number of hydrogen-bond donors (Lipinski definition) is 0. The summed E-state index contributed by atoms with van der Waals surface area (Å²) in [7, 11) is 3.85. The average molecular weight is 399 g/mol. The molecule has 0 saturated heterocycles.